The maximum Gasteiger partial charge on any atom is 0.407 e. The fourth-order valence-corrected chi connectivity index (χ4v) is 2.73. The second-order valence-electron chi connectivity index (χ2n) is 7.50. The second-order valence-corrected chi connectivity index (χ2v) is 7.91. The lowest BCUT2D eigenvalue weighted by molar-refractivity contribution is -0.145. The van der Waals surface area contributed by atoms with Gasteiger partial charge in [-0.05, 0) is 50.6 Å². The van der Waals surface area contributed by atoms with Gasteiger partial charge in [-0.2, -0.15) is 0 Å². The number of hydrogen-bond donors (Lipinski definition) is 2. The van der Waals surface area contributed by atoms with Gasteiger partial charge in [0.2, 0.25) is 0 Å². The van der Waals surface area contributed by atoms with Gasteiger partial charge in [-0.1, -0.05) is 35.9 Å². The summed E-state index contributed by atoms with van der Waals surface area (Å²) in [6.07, 6.45) is -1.43. The van der Waals surface area contributed by atoms with Crippen molar-refractivity contribution in [2.24, 2.45) is 0 Å². The van der Waals surface area contributed by atoms with Gasteiger partial charge in [-0.3, -0.25) is 0 Å². The summed E-state index contributed by atoms with van der Waals surface area (Å²) in [6, 6.07) is 13.8. The van der Waals surface area contributed by atoms with Gasteiger partial charge >= 0.3 is 12.1 Å². The van der Waals surface area contributed by atoms with Crippen molar-refractivity contribution in [2.75, 3.05) is 13.2 Å². The van der Waals surface area contributed by atoms with Crippen LogP contribution in [0.2, 0.25) is 5.02 Å². The number of carboxylic acid groups (broad SMARTS) is 1. The Morgan fingerprint density at radius 2 is 1.83 bits per heavy atom. The van der Waals surface area contributed by atoms with E-state index < -0.39 is 23.8 Å². The highest BCUT2D eigenvalue weighted by atomic mass is 35.5. The van der Waals surface area contributed by atoms with E-state index in [2.05, 4.69) is 5.32 Å². The summed E-state index contributed by atoms with van der Waals surface area (Å²) in [5, 5.41) is 12.4. The van der Waals surface area contributed by atoms with E-state index in [1.807, 2.05) is 6.07 Å². The largest absolute Gasteiger partial charge is 0.490 e. The summed E-state index contributed by atoms with van der Waals surface area (Å²) < 4.78 is 16.3. The Bertz CT molecular complexity index is 850. The minimum absolute atomic E-state index is 0.143. The van der Waals surface area contributed by atoms with Crippen LogP contribution >= 0.6 is 11.6 Å². The summed E-state index contributed by atoms with van der Waals surface area (Å²) in [7, 11) is 0. The van der Waals surface area contributed by atoms with Crippen LogP contribution in [0.25, 0.3) is 0 Å². The Labute approximate surface area is 180 Å². The van der Waals surface area contributed by atoms with Crippen LogP contribution in [-0.2, 0) is 16.0 Å². The van der Waals surface area contributed by atoms with Crippen molar-refractivity contribution in [1.29, 1.82) is 0 Å². The number of aliphatic carboxylic acids is 1. The number of benzene rings is 2. The predicted molar refractivity (Wildman–Crippen MR) is 113 cm³/mol. The number of carbonyl (C=O) groups is 2. The molecule has 0 saturated carbocycles. The van der Waals surface area contributed by atoms with Gasteiger partial charge < -0.3 is 24.6 Å². The zero-order chi connectivity index (χ0) is 22.1. The number of alkyl carbamates (subject to hydrolysis) is 1. The van der Waals surface area contributed by atoms with Gasteiger partial charge in [0.1, 0.15) is 23.7 Å². The summed E-state index contributed by atoms with van der Waals surface area (Å²) >= 11 is 6.26. The molecule has 0 aliphatic rings. The molecule has 8 heteroatoms. The highest BCUT2D eigenvalue weighted by molar-refractivity contribution is 6.32. The van der Waals surface area contributed by atoms with Crippen LogP contribution < -0.4 is 14.8 Å². The van der Waals surface area contributed by atoms with E-state index in [9.17, 15) is 14.7 Å². The van der Waals surface area contributed by atoms with E-state index in [0.29, 0.717) is 22.1 Å². The SMILES string of the molecule is CC(C)(C)OC(=O)NCCOc1ccc(CC(Oc2ccccc2)C(=O)O)cc1Cl. The molecule has 0 bridgehead atoms. The minimum Gasteiger partial charge on any atom is -0.490 e. The van der Waals surface area contributed by atoms with Crippen molar-refractivity contribution >= 4 is 23.7 Å². The molecule has 0 aliphatic carbocycles. The molecule has 0 radical (unpaired) electrons. The Morgan fingerprint density at radius 1 is 1.13 bits per heavy atom. The number of nitrogens with one attached hydrogen (secondary N) is 1. The van der Waals surface area contributed by atoms with Crippen molar-refractivity contribution in [3.8, 4) is 11.5 Å². The lowest BCUT2D eigenvalue weighted by Gasteiger charge is -2.19. The summed E-state index contributed by atoms with van der Waals surface area (Å²) in [6.45, 7) is 5.80. The zero-order valence-corrected chi connectivity index (χ0v) is 17.9. The molecule has 0 saturated heterocycles. The quantitative estimate of drug-likeness (QED) is 0.570. The molecule has 1 atom stereocenters. The third-order valence-electron chi connectivity index (χ3n) is 3.74. The molecule has 2 aromatic rings. The molecule has 0 aromatic heterocycles. The lowest BCUT2D eigenvalue weighted by atomic mass is 10.1. The smallest absolute Gasteiger partial charge is 0.407 e. The van der Waals surface area contributed by atoms with E-state index in [1.165, 1.54) is 0 Å². The molecule has 162 valence electrons. The van der Waals surface area contributed by atoms with Crippen LogP contribution in [0.4, 0.5) is 4.79 Å². The summed E-state index contributed by atoms with van der Waals surface area (Å²) in [5.41, 5.74) is 0.129. The standard InChI is InChI=1S/C22H26ClNO6/c1-22(2,3)30-21(27)24-11-12-28-18-10-9-15(13-17(18)23)14-19(20(25)26)29-16-7-5-4-6-8-16/h4-10,13,19H,11-12,14H2,1-3H3,(H,24,27)(H,25,26). The Balaban J connectivity index is 1.88. The highest BCUT2D eigenvalue weighted by Gasteiger charge is 2.21. The number of halogens is 1. The minimum atomic E-state index is -1.07. The average molecular weight is 436 g/mol. The Morgan fingerprint density at radius 3 is 2.43 bits per heavy atom. The molecular weight excluding hydrogens is 410 g/mol. The third-order valence-corrected chi connectivity index (χ3v) is 4.04. The fourth-order valence-electron chi connectivity index (χ4n) is 2.47. The molecule has 30 heavy (non-hydrogen) atoms. The van der Waals surface area contributed by atoms with Crippen molar-refractivity contribution in [2.45, 2.75) is 38.9 Å². The lowest BCUT2D eigenvalue weighted by Crippen LogP contribution is -2.34. The normalized spacial score (nSPS) is 12.0. The number of para-hydroxylation sites is 1. The number of carboxylic acids is 1. The molecule has 2 rings (SSSR count). The summed E-state index contributed by atoms with van der Waals surface area (Å²) in [5.74, 6) is -0.154. The van der Waals surface area contributed by atoms with Gasteiger partial charge in [0.05, 0.1) is 11.6 Å². The number of rotatable bonds is 9. The summed E-state index contributed by atoms with van der Waals surface area (Å²) in [4.78, 5) is 23.1. The molecule has 0 fully saturated rings. The zero-order valence-electron chi connectivity index (χ0n) is 17.2. The topological polar surface area (TPSA) is 94.1 Å². The van der Waals surface area contributed by atoms with E-state index in [0.717, 1.165) is 0 Å². The van der Waals surface area contributed by atoms with Gasteiger partial charge in [-0.15, -0.1) is 0 Å². The first-order valence-corrected chi connectivity index (χ1v) is 9.84. The van der Waals surface area contributed by atoms with Crippen LogP contribution in [0.1, 0.15) is 26.3 Å². The van der Waals surface area contributed by atoms with Crippen molar-refractivity contribution in [3.63, 3.8) is 0 Å². The van der Waals surface area contributed by atoms with E-state index in [1.54, 1.807) is 63.2 Å². The monoisotopic (exact) mass is 435 g/mol. The maximum absolute atomic E-state index is 11.6. The molecule has 1 unspecified atom stereocenters. The first kappa shape index (κ1) is 23.3. The molecule has 7 nitrogen and oxygen atoms in total. The number of carbonyl (C=O) groups excluding carboxylic acids is 1. The van der Waals surface area contributed by atoms with Crippen LogP contribution in [0.5, 0.6) is 11.5 Å². The van der Waals surface area contributed by atoms with E-state index in [4.69, 9.17) is 25.8 Å². The molecule has 2 N–H and O–H groups in total. The van der Waals surface area contributed by atoms with Gasteiger partial charge in [0.25, 0.3) is 0 Å². The Kier molecular flexibility index (Phi) is 8.35. The number of hydrogen-bond acceptors (Lipinski definition) is 5. The van der Waals surface area contributed by atoms with Crippen LogP contribution in [0.15, 0.2) is 48.5 Å². The van der Waals surface area contributed by atoms with Crippen LogP contribution in [-0.4, -0.2) is 42.0 Å². The van der Waals surface area contributed by atoms with Gasteiger partial charge in [0, 0.05) is 6.42 Å². The second kappa shape index (κ2) is 10.7. The molecular formula is C22H26ClNO6. The first-order valence-electron chi connectivity index (χ1n) is 9.46. The maximum atomic E-state index is 11.6. The third kappa shape index (κ3) is 8.21. The van der Waals surface area contributed by atoms with Crippen LogP contribution in [0.3, 0.4) is 0 Å². The van der Waals surface area contributed by atoms with Crippen molar-refractivity contribution < 1.29 is 28.9 Å². The fraction of sp³-hybridized carbons (Fsp3) is 0.364. The highest BCUT2D eigenvalue weighted by Crippen LogP contribution is 2.26. The van der Waals surface area contributed by atoms with Gasteiger partial charge in [0.15, 0.2) is 6.10 Å². The number of amides is 1. The molecule has 1 amide bonds. The average Bonchev–Trinajstić information content (AvgIpc) is 2.65. The number of ether oxygens (including phenoxy) is 3. The Hall–Kier alpha value is -2.93. The predicted octanol–water partition coefficient (Wildman–Crippen LogP) is 4.32. The van der Waals surface area contributed by atoms with E-state index in [-0.39, 0.29) is 19.6 Å². The molecule has 2 aromatic carbocycles. The molecule has 0 spiro atoms. The van der Waals surface area contributed by atoms with Crippen molar-refractivity contribution in [1.82, 2.24) is 5.32 Å². The molecule has 0 aliphatic heterocycles. The van der Waals surface area contributed by atoms with Crippen LogP contribution in [0, 0.1) is 0 Å². The first-order chi connectivity index (χ1) is 14.1. The molecule has 0 heterocycles. The van der Waals surface area contributed by atoms with E-state index >= 15 is 0 Å². The van der Waals surface area contributed by atoms with Gasteiger partial charge in [-0.25, -0.2) is 9.59 Å². The van der Waals surface area contributed by atoms with Crippen molar-refractivity contribution in [3.05, 3.63) is 59.1 Å².